The number of phenolic OH excluding ortho intramolecular Hbond substituents is 1. The molecule has 1 saturated heterocycles. The molecule has 1 fully saturated rings. The van der Waals surface area contributed by atoms with Crippen LogP contribution < -0.4 is 15.2 Å². The third-order valence-corrected chi connectivity index (χ3v) is 6.90. The molecule has 3 heterocycles. The van der Waals surface area contributed by atoms with Crippen molar-refractivity contribution in [3.8, 4) is 16.2 Å². The fraction of sp³-hybridized carbons (Fsp3) is 0.192. The number of benzene rings is 2. The van der Waals surface area contributed by atoms with Crippen LogP contribution in [0.2, 0.25) is 0 Å². The number of halogens is 1. The molecular weight excluding hydrogens is 493 g/mol. The summed E-state index contributed by atoms with van der Waals surface area (Å²) < 4.78 is 14.4. The van der Waals surface area contributed by atoms with Gasteiger partial charge in [0.25, 0.3) is 5.91 Å². The third kappa shape index (κ3) is 5.56. The molecule has 2 N–H and O–H groups in total. The van der Waals surface area contributed by atoms with Crippen LogP contribution in [-0.4, -0.2) is 52.3 Å². The molecule has 2 aromatic heterocycles. The van der Waals surface area contributed by atoms with Gasteiger partial charge in [-0.3, -0.25) is 15.1 Å². The van der Waals surface area contributed by atoms with Gasteiger partial charge < -0.3 is 10.0 Å². The van der Waals surface area contributed by atoms with Gasteiger partial charge in [-0.1, -0.05) is 23.5 Å². The summed E-state index contributed by atoms with van der Waals surface area (Å²) in [7, 11) is 1.63. The van der Waals surface area contributed by atoms with Crippen LogP contribution in [0.15, 0.2) is 66.3 Å². The molecule has 0 bridgehead atoms. The van der Waals surface area contributed by atoms with Gasteiger partial charge in [0.1, 0.15) is 0 Å². The number of nitrogens with zero attached hydrogens (tertiary/aromatic N) is 6. The van der Waals surface area contributed by atoms with E-state index in [2.05, 4.69) is 42.4 Å². The third-order valence-electron chi connectivity index (χ3n) is 5.93. The number of aromatic nitrogens is 3. The second kappa shape index (κ2) is 10.7. The molecule has 37 heavy (non-hydrogen) atoms. The minimum Gasteiger partial charge on any atom is -0.504 e. The molecule has 9 nitrogen and oxygen atoms in total. The molecule has 1 aliphatic heterocycles. The lowest BCUT2D eigenvalue weighted by molar-refractivity contribution is 0.102. The van der Waals surface area contributed by atoms with Crippen LogP contribution in [-0.2, 0) is 0 Å². The van der Waals surface area contributed by atoms with Crippen LogP contribution in [0, 0.1) is 5.82 Å². The first-order valence-corrected chi connectivity index (χ1v) is 12.5. The van der Waals surface area contributed by atoms with E-state index in [9.17, 15) is 14.3 Å². The number of nitrogens with one attached hydrogen (secondary N) is 1. The molecule has 0 unspecified atom stereocenters. The highest BCUT2D eigenvalue weighted by molar-refractivity contribution is 7.19. The van der Waals surface area contributed by atoms with Crippen LogP contribution in [0.25, 0.3) is 10.4 Å². The highest BCUT2D eigenvalue weighted by Gasteiger charge is 2.17. The van der Waals surface area contributed by atoms with Gasteiger partial charge in [-0.2, -0.15) is 5.10 Å². The van der Waals surface area contributed by atoms with E-state index in [1.54, 1.807) is 13.2 Å². The van der Waals surface area contributed by atoms with Gasteiger partial charge in [0, 0.05) is 55.5 Å². The first-order chi connectivity index (χ1) is 18.0. The SMILES string of the molecule is CN(/N=C/c1cc(C(=O)Nc2ncc(-c3cccc(N4CCCC4)c3)s2)cc(F)c1O)c1cnccn1. The van der Waals surface area contributed by atoms with Gasteiger partial charge in [0.15, 0.2) is 22.5 Å². The van der Waals surface area contributed by atoms with Gasteiger partial charge in [-0.05, 0) is 42.7 Å². The molecule has 0 aliphatic carbocycles. The minimum absolute atomic E-state index is 0.0201. The van der Waals surface area contributed by atoms with E-state index in [0.29, 0.717) is 10.9 Å². The summed E-state index contributed by atoms with van der Waals surface area (Å²) in [5.74, 6) is -1.64. The predicted octanol–water partition coefficient (Wildman–Crippen LogP) is 4.77. The fourth-order valence-electron chi connectivity index (χ4n) is 3.98. The van der Waals surface area contributed by atoms with Crippen LogP contribution in [0.1, 0.15) is 28.8 Å². The normalized spacial score (nSPS) is 13.3. The van der Waals surface area contributed by atoms with Crippen molar-refractivity contribution in [1.29, 1.82) is 0 Å². The van der Waals surface area contributed by atoms with Crippen LogP contribution >= 0.6 is 11.3 Å². The quantitative estimate of drug-likeness (QED) is 0.269. The van der Waals surface area contributed by atoms with E-state index in [1.807, 2.05) is 12.1 Å². The van der Waals surface area contributed by atoms with Crippen molar-refractivity contribution >= 4 is 40.1 Å². The van der Waals surface area contributed by atoms with Crippen molar-refractivity contribution < 1.29 is 14.3 Å². The summed E-state index contributed by atoms with van der Waals surface area (Å²) in [6.07, 6.45) is 9.90. The number of hydrogen-bond acceptors (Lipinski definition) is 9. The van der Waals surface area contributed by atoms with E-state index < -0.39 is 17.5 Å². The molecule has 5 rings (SSSR count). The Balaban J connectivity index is 1.31. The molecule has 0 saturated carbocycles. The van der Waals surface area contributed by atoms with Crippen molar-refractivity contribution in [3.63, 3.8) is 0 Å². The molecule has 0 atom stereocenters. The van der Waals surface area contributed by atoms with Gasteiger partial charge in [-0.15, -0.1) is 0 Å². The van der Waals surface area contributed by atoms with E-state index in [-0.39, 0.29) is 11.1 Å². The van der Waals surface area contributed by atoms with Gasteiger partial charge in [0.2, 0.25) is 0 Å². The molecule has 4 aromatic rings. The number of anilines is 3. The van der Waals surface area contributed by atoms with E-state index >= 15 is 0 Å². The summed E-state index contributed by atoms with van der Waals surface area (Å²) in [5, 5.41) is 18.8. The van der Waals surface area contributed by atoms with Crippen molar-refractivity contribution in [2.75, 3.05) is 35.4 Å². The van der Waals surface area contributed by atoms with E-state index in [1.165, 1.54) is 65.7 Å². The Bertz CT molecular complexity index is 1440. The zero-order valence-electron chi connectivity index (χ0n) is 20.0. The van der Waals surface area contributed by atoms with Crippen LogP contribution in [0.4, 0.5) is 21.0 Å². The standard InChI is InChI=1S/C26H24FN7O2S/c1-33(23-16-28-7-8-29-23)31-14-19-11-18(13-21(27)24(19)35)25(36)32-26-30-15-22(37-26)17-5-4-6-20(12-17)34-9-2-3-10-34/h4-8,11-16,35H,2-3,9-10H2,1H3,(H,30,32,36)/b31-14+. The lowest BCUT2D eigenvalue weighted by Crippen LogP contribution is -2.17. The molecule has 0 radical (unpaired) electrons. The fourth-order valence-corrected chi connectivity index (χ4v) is 4.79. The number of carbonyl (C=O) groups is 1. The number of carbonyl (C=O) groups excluding carboxylic acids is 1. The smallest absolute Gasteiger partial charge is 0.257 e. The number of phenols is 1. The summed E-state index contributed by atoms with van der Waals surface area (Å²) in [4.78, 5) is 28.6. The van der Waals surface area contributed by atoms with Crippen LogP contribution in [0.3, 0.4) is 0 Å². The Labute approximate surface area is 217 Å². The van der Waals surface area contributed by atoms with Gasteiger partial charge in [-0.25, -0.2) is 19.4 Å². The summed E-state index contributed by atoms with van der Waals surface area (Å²) in [6, 6.07) is 10.6. The number of rotatable bonds is 7. The molecule has 0 spiro atoms. The predicted molar refractivity (Wildman–Crippen MR) is 143 cm³/mol. The summed E-state index contributed by atoms with van der Waals surface area (Å²) in [6.45, 7) is 2.11. The second-order valence-corrected chi connectivity index (χ2v) is 9.49. The number of hydrazone groups is 1. The highest BCUT2D eigenvalue weighted by atomic mass is 32.1. The molecule has 1 aliphatic rings. The minimum atomic E-state index is -0.935. The molecule has 2 aromatic carbocycles. The lowest BCUT2D eigenvalue weighted by atomic mass is 10.1. The largest absolute Gasteiger partial charge is 0.504 e. The first kappa shape index (κ1) is 24.3. The zero-order chi connectivity index (χ0) is 25.8. The highest BCUT2D eigenvalue weighted by Crippen LogP contribution is 2.32. The molecule has 1 amide bonds. The maximum Gasteiger partial charge on any atom is 0.257 e. The second-order valence-electron chi connectivity index (χ2n) is 8.46. The Morgan fingerprint density at radius 1 is 1.19 bits per heavy atom. The maximum absolute atomic E-state index is 14.4. The zero-order valence-corrected chi connectivity index (χ0v) is 20.8. The monoisotopic (exact) mass is 517 g/mol. The van der Waals surface area contributed by atoms with Crippen molar-refractivity contribution in [1.82, 2.24) is 15.0 Å². The van der Waals surface area contributed by atoms with E-state index in [4.69, 9.17) is 0 Å². The summed E-state index contributed by atoms with van der Waals surface area (Å²) >= 11 is 1.33. The molecule has 11 heteroatoms. The Morgan fingerprint density at radius 2 is 2.03 bits per heavy atom. The van der Waals surface area contributed by atoms with Gasteiger partial charge in [0.05, 0.1) is 17.3 Å². The summed E-state index contributed by atoms with van der Waals surface area (Å²) in [5.41, 5.74) is 2.25. The lowest BCUT2D eigenvalue weighted by Gasteiger charge is -2.18. The number of aromatic hydroxyl groups is 1. The average molecular weight is 518 g/mol. The number of hydrogen-bond donors (Lipinski definition) is 2. The van der Waals surface area contributed by atoms with Crippen molar-refractivity contribution in [3.05, 3.63) is 78.1 Å². The Kier molecular flexibility index (Phi) is 7.04. The maximum atomic E-state index is 14.4. The first-order valence-electron chi connectivity index (χ1n) is 11.7. The number of amides is 1. The van der Waals surface area contributed by atoms with Gasteiger partial charge >= 0.3 is 0 Å². The topological polar surface area (TPSA) is 107 Å². The molecule has 188 valence electrons. The average Bonchev–Trinajstić information content (AvgIpc) is 3.63. The van der Waals surface area contributed by atoms with Crippen molar-refractivity contribution in [2.24, 2.45) is 5.10 Å². The molecular formula is C26H24FN7O2S. The van der Waals surface area contributed by atoms with Crippen LogP contribution in [0.5, 0.6) is 5.75 Å². The van der Waals surface area contributed by atoms with E-state index in [0.717, 1.165) is 29.6 Å². The van der Waals surface area contributed by atoms with Crippen molar-refractivity contribution in [2.45, 2.75) is 12.8 Å². The Morgan fingerprint density at radius 3 is 2.81 bits per heavy atom. The Hall–Kier alpha value is -4.38. The number of thiazole rings is 1.